The first-order valence-electron chi connectivity index (χ1n) is 10.4. The third kappa shape index (κ3) is 4.72. The Morgan fingerprint density at radius 3 is 2.45 bits per heavy atom. The van der Waals surface area contributed by atoms with Gasteiger partial charge >= 0.3 is 5.69 Å². The van der Waals surface area contributed by atoms with Crippen LogP contribution in [0.5, 0.6) is 0 Å². The van der Waals surface area contributed by atoms with Crippen LogP contribution < -0.4 is 10.4 Å². The van der Waals surface area contributed by atoms with E-state index in [0.717, 1.165) is 37.5 Å². The average Bonchev–Trinajstić information content (AvgIpc) is 2.97. The standard InChI is InChI=1S/C22H27ClN4O3S/c1-25-20-7-6-19(13-21(20)26(2)22(25)28)31(29,30)24-14-16-8-10-27(11-9-16)15-17-4-3-5-18(23)12-17/h3-7,12-13,16,24H,8-11,14-15H2,1-2H3. The number of sulfonamides is 1. The van der Waals surface area contributed by atoms with Gasteiger partial charge in [0.05, 0.1) is 15.9 Å². The van der Waals surface area contributed by atoms with Crippen LogP contribution in [-0.2, 0) is 30.7 Å². The molecule has 0 atom stereocenters. The molecule has 0 saturated carbocycles. The van der Waals surface area contributed by atoms with Gasteiger partial charge in [-0.15, -0.1) is 0 Å². The molecule has 0 aliphatic carbocycles. The lowest BCUT2D eigenvalue weighted by Gasteiger charge is -2.32. The van der Waals surface area contributed by atoms with E-state index in [0.29, 0.717) is 23.5 Å². The molecule has 1 aliphatic heterocycles. The second-order valence-electron chi connectivity index (χ2n) is 8.25. The zero-order valence-electron chi connectivity index (χ0n) is 17.7. The van der Waals surface area contributed by atoms with Crippen molar-refractivity contribution in [3.8, 4) is 0 Å². The number of likely N-dealkylation sites (tertiary alicyclic amines) is 1. The van der Waals surface area contributed by atoms with Crippen LogP contribution in [0.4, 0.5) is 0 Å². The van der Waals surface area contributed by atoms with Crippen molar-refractivity contribution in [1.82, 2.24) is 18.8 Å². The predicted molar refractivity (Wildman–Crippen MR) is 123 cm³/mol. The quantitative estimate of drug-likeness (QED) is 0.611. The summed E-state index contributed by atoms with van der Waals surface area (Å²) in [5, 5.41) is 0.746. The van der Waals surface area contributed by atoms with E-state index < -0.39 is 10.0 Å². The summed E-state index contributed by atoms with van der Waals surface area (Å²) in [6.07, 6.45) is 1.88. The normalized spacial score (nSPS) is 16.2. The fourth-order valence-electron chi connectivity index (χ4n) is 4.21. The van der Waals surface area contributed by atoms with Crippen LogP contribution in [0, 0.1) is 5.92 Å². The lowest BCUT2D eigenvalue weighted by atomic mass is 9.97. The first-order chi connectivity index (χ1) is 14.7. The first-order valence-corrected chi connectivity index (χ1v) is 12.2. The van der Waals surface area contributed by atoms with Crippen LogP contribution in [0.25, 0.3) is 11.0 Å². The molecule has 166 valence electrons. The van der Waals surface area contributed by atoms with Gasteiger partial charge in [0.2, 0.25) is 10.0 Å². The SMILES string of the molecule is Cn1c(=O)n(C)c2cc(S(=O)(=O)NCC3CCN(Cc4cccc(Cl)c4)CC3)ccc21. The Bertz CT molecular complexity index is 1260. The van der Waals surface area contributed by atoms with Gasteiger partial charge in [-0.3, -0.25) is 14.0 Å². The average molecular weight is 463 g/mol. The van der Waals surface area contributed by atoms with Crippen molar-refractivity contribution in [2.45, 2.75) is 24.3 Å². The number of halogens is 1. The van der Waals surface area contributed by atoms with Crippen molar-refractivity contribution in [1.29, 1.82) is 0 Å². The summed E-state index contributed by atoms with van der Waals surface area (Å²) in [4.78, 5) is 14.6. The number of nitrogens with one attached hydrogen (secondary N) is 1. The molecule has 0 bridgehead atoms. The van der Waals surface area contributed by atoms with Crippen molar-refractivity contribution < 1.29 is 8.42 Å². The van der Waals surface area contributed by atoms with Gasteiger partial charge in [-0.2, -0.15) is 0 Å². The van der Waals surface area contributed by atoms with Crippen LogP contribution in [-0.4, -0.2) is 42.1 Å². The highest BCUT2D eigenvalue weighted by molar-refractivity contribution is 7.89. The number of piperidine rings is 1. The lowest BCUT2D eigenvalue weighted by molar-refractivity contribution is 0.178. The summed E-state index contributed by atoms with van der Waals surface area (Å²) in [5.41, 5.74) is 2.32. The summed E-state index contributed by atoms with van der Waals surface area (Å²) in [5.74, 6) is 0.301. The Hall–Kier alpha value is -2.13. The van der Waals surface area contributed by atoms with E-state index in [4.69, 9.17) is 11.6 Å². The zero-order valence-corrected chi connectivity index (χ0v) is 19.3. The molecular formula is C22H27ClN4O3S. The monoisotopic (exact) mass is 462 g/mol. The van der Waals surface area contributed by atoms with Crippen LogP contribution in [0.1, 0.15) is 18.4 Å². The number of imidazole rings is 1. The highest BCUT2D eigenvalue weighted by Gasteiger charge is 2.23. The maximum Gasteiger partial charge on any atom is 0.328 e. The Labute approximate surface area is 187 Å². The first kappa shape index (κ1) is 22.1. The molecule has 2 heterocycles. The van der Waals surface area contributed by atoms with Crippen molar-refractivity contribution >= 4 is 32.7 Å². The Kier molecular flexibility index (Phi) is 6.25. The van der Waals surface area contributed by atoms with Gasteiger partial charge < -0.3 is 0 Å². The minimum Gasteiger partial charge on any atom is -0.299 e. The molecule has 1 fully saturated rings. The smallest absolute Gasteiger partial charge is 0.299 e. The molecule has 0 amide bonds. The number of rotatable bonds is 6. The molecule has 1 aromatic heterocycles. The van der Waals surface area contributed by atoms with Crippen molar-refractivity contribution in [2.75, 3.05) is 19.6 Å². The lowest BCUT2D eigenvalue weighted by Crippen LogP contribution is -2.38. The van der Waals surface area contributed by atoms with E-state index >= 15 is 0 Å². The molecule has 1 saturated heterocycles. The third-order valence-corrected chi connectivity index (χ3v) is 7.77. The molecule has 3 aromatic rings. The van der Waals surface area contributed by atoms with Crippen molar-refractivity contribution in [3.63, 3.8) is 0 Å². The zero-order chi connectivity index (χ0) is 22.2. The molecule has 4 rings (SSSR count). The molecule has 2 aromatic carbocycles. The predicted octanol–water partition coefficient (Wildman–Crippen LogP) is 2.72. The van der Waals surface area contributed by atoms with Gasteiger partial charge in [-0.05, 0) is 67.7 Å². The largest absolute Gasteiger partial charge is 0.328 e. The third-order valence-electron chi connectivity index (χ3n) is 6.12. The second kappa shape index (κ2) is 8.78. The number of benzene rings is 2. The molecule has 7 nitrogen and oxygen atoms in total. The number of hydrogen-bond acceptors (Lipinski definition) is 4. The van der Waals surface area contributed by atoms with Crippen LogP contribution in [0.15, 0.2) is 52.2 Å². The fraction of sp³-hybridized carbons (Fsp3) is 0.409. The van der Waals surface area contributed by atoms with Gasteiger partial charge in [0.1, 0.15) is 0 Å². The maximum atomic E-state index is 12.8. The van der Waals surface area contributed by atoms with Crippen LogP contribution in [0.2, 0.25) is 5.02 Å². The van der Waals surface area contributed by atoms with E-state index in [9.17, 15) is 13.2 Å². The topological polar surface area (TPSA) is 76.3 Å². The van der Waals surface area contributed by atoms with E-state index in [1.54, 1.807) is 32.3 Å². The molecule has 0 radical (unpaired) electrons. The van der Waals surface area contributed by atoms with Gasteiger partial charge in [0, 0.05) is 32.2 Å². The highest BCUT2D eigenvalue weighted by Crippen LogP contribution is 2.22. The summed E-state index contributed by atoms with van der Waals surface area (Å²) < 4.78 is 31.4. The van der Waals surface area contributed by atoms with Gasteiger partial charge in [-0.1, -0.05) is 23.7 Å². The summed E-state index contributed by atoms with van der Waals surface area (Å²) in [6, 6.07) is 12.7. The Morgan fingerprint density at radius 1 is 1.03 bits per heavy atom. The molecule has 1 aliphatic rings. The minimum atomic E-state index is -3.64. The molecule has 1 N–H and O–H groups in total. The van der Waals surface area contributed by atoms with Crippen molar-refractivity contribution in [3.05, 3.63) is 63.5 Å². The highest BCUT2D eigenvalue weighted by atomic mass is 35.5. The van der Waals surface area contributed by atoms with E-state index in [-0.39, 0.29) is 10.6 Å². The van der Waals surface area contributed by atoms with E-state index in [1.165, 1.54) is 14.7 Å². The number of fused-ring (bicyclic) bond motifs is 1. The molecular weight excluding hydrogens is 436 g/mol. The van der Waals surface area contributed by atoms with Crippen LogP contribution in [0.3, 0.4) is 0 Å². The van der Waals surface area contributed by atoms with E-state index in [1.807, 2.05) is 18.2 Å². The van der Waals surface area contributed by atoms with Crippen LogP contribution >= 0.6 is 11.6 Å². The number of aryl methyl sites for hydroxylation is 2. The Morgan fingerprint density at radius 2 is 1.74 bits per heavy atom. The molecule has 9 heteroatoms. The van der Waals surface area contributed by atoms with Gasteiger partial charge in [0.15, 0.2) is 0 Å². The molecule has 0 unspecified atom stereocenters. The second-order valence-corrected chi connectivity index (χ2v) is 10.5. The number of hydrogen-bond donors (Lipinski definition) is 1. The number of nitrogens with zero attached hydrogens (tertiary/aromatic N) is 3. The summed E-state index contributed by atoms with van der Waals surface area (Å²) >= 11 is 6.07. The minimum absolute atomic E-state index is 0.179. The molecule has 31 heavy (non-hydrogen) atoms. The molecule has 0 spiro atoms. The van der Waals surface area contributed by atoms with Gasteiger partial charge in [-0.25, -0.2) is 17.9 Å². The van der Waals surface area contributed by atoms with Crippen molar-refractivity contribution in [2.24, 2.45) is 20.0 Å². The maximum absolute atomic E-state index is 12.8. The number of aromatic nitrogens is 2. The summed E-state index contributed by atoms with van der Waals surface area (Å²) in [7, 11) is -0.320. The van der Waals surface area contributed by atoms with E-state index in [2.05, 4.69) is 15.7 Å². The fourth-order valence-corrected chi connectivity index (χ4v) is 5.56. The Balaban J connectivity index is 1.35. The van der Waals surface area contributed by atoms with Gasteiger partial charge in [0.25, 0.3) is 0 Å². The summed E-state index contributed by atoms with van der Waals surface area (Å²) in [6.45, 7) is 3.13.